The molecule has 3 aliphatic heterocycles. The third-order valence-corrected chi connectivity index (χ3v) is 11.2. The number of hydrogen-bond donors (Lipinski definition) is 2. The van der Waals surface area contributed by atoms with Gasteiger partial charge >= 0.3 is 12.1 Å². The molecule has 4 aromatic rings. The Morgan fingerprint density at radius 2 is 2.08 bits per heavy atom. The normalized spacial score (nSPS) is 22.7. The van der Waals surface area contributed by atoms with Gasteiger partial charge in [-0.15, -0.1) is 11.3 Å². The summed E-state index contributed by atoms with van der Waals surface area (Å²) >= 11 is 1.43. The number of nitrogens with zero attached hydrogens (tertiary/aromatic N) is 4. The summed E-state index contributed by atoms with van der Waals surface area (Å²) in [6.07, 6.45) is 2.96. The van der Waals surface area contributed by atoms with Crippen molar-refractivity contribution in [2.24, 2.45) is 5.41 Å². The molecule has 2 N–H and O–H groups in total. The fraction of sp³-hybridized carbons (Fsp3) is 0.513. The number of amides is 2. The standard InChI is InChI=1S/C39H48N6O7S/c1-6-44-32-12-11-24-17-27(32)28(35(44)26-9-7-14-40-34(26)23(2)49-5)19-39(3,4)22-51-37(47)29-10-8-15-45(43-29)36(46)30(18-33-41-31(24)21-53-33)42-38(48)52-25-13-16-50-20-25/h7,9,11-12,14,17,21,23,25,29-30,43H,6,8,10,13,15-16,18-20,22H2,1-5H3,(H,42,48)/t23-,25+,29-,30-/m0/s1. The minimum atomic E-state index is -0.984. The van der Waals surface area contributed by atoms with Gasteiger partial charge in [-0.05, 0) is 62.9 Å². The zero-order chi connectivity index (χ0) is 37.3. The molecule has 6 bridgehead atoms. The molecule has 2 fully saturated rings. The number of benzene rings is 1. The molecule has 7 rings (SSSR count). The molecule has 282 valence electrons. The topological polar surface area (TPSA) is 146 Å². The second-order valence-corrected chi connectivity index (χ2v) is 15.7. The van der Waals surface area contributed by atoms with Gasteiger partial charge in [0.15, 0.2) is 0 Å². The summed E-state index contributed by atoms with van der Waals surface area (Å²) < 4.78 is 25.1. The number of carbonyl (C=O) groups excluding carboxylic acids is 3. The lowest BCUT2D eigenvalue weighted by molar-refractivity contribution is -0.155. The molecule has 13 nitrogen and oxygen atoms in total. The van der Waals surface area contributed by atoms with Gasteiger partial charge in [0.1, 0.15) is 18.2 Å². The van der Waals surface area contributed by atoms with E-state index in [0.717, 1.165) is 51.2 Å². The van der Waals surface area contributed by atoms with Crippen LogP contribution in [0.2, 0.25) is 0 Å². The summed E-state index contributed by atoms with van der Waals surface area (Å²) in [5, 5.41) is 7.96. The van der Waals surface area contributed by atoms with Gasteiger partial charge in [0.05, 0.1) is 48.0 Å². The van der Waals surface area contributed by atoms with Crippen molar-refractivity contribution in [2.45, 2.75) is 90.6 Å². The monoisotopic (exact) mass is 744 g/mol. The fourth-order valence-electron chi connectivity index (χ4n) is 7.50. The first-order valence-corrected chi connectivity index (χ1v) is 19.3. The summed E-state index contributed by atoms with van der Waals surface area (Å²) in [5.41, 5.74) is 9.46. The summed E-state index contributed by atoms with van der Waals surface area (Å²) in [4.78, 5) is 50.5. The maximum Gasteiger partial charge on any atom is 0.408 e. The van der Waals surface area contributed by atoms with Crippen LogP contribution in [0.4, 0.5) is 4.79 Å². The molecular formula is C39H48N6O7S. The van der Waals surface area contributed by atoms with Gasteiger partial charge < -0.3 is 28.8 Å². The number of aromatic nitrogens is 3. The Balaban J connectivity index is 1.33. The molecule has 0 aliphatic carbocycles. The third kappa shape index (κ3) is 7.82. The highest BCUT2D eigenvalue weighted by atomic mass is 32.1. The Hall–Kier alpha value is -4.37. The smallest absolute Gasteiger partial charge is 0.408 e. The molecule has 1 aromatic carbocycles. The van der Waals surface area contributed by atoms with Crippen molar-refractivity contribution < 1.29 is 33.3 Å². The van der Waals surface area contributed by atoms with Crippen LogP contribution >= 0.6 is 11.3 Å². The highest BCUT2D eigenvalue weighted by Crippen LogP contribution is 2.42. The van der Waals surface area contributed by atoms with Gasteiger partial charge in [0.25, 0.3) is 5.91 Å². The molecule has 3 aliphatic rings. The Labute approximate surface area is 313 Å². The number of methoxy groups -OCH3 is 1. The summed E-state index contributed by atoms with van der Waals surface area (Å²) in [6, 6.07) is 8.75. The zero-order valence-electron chi connectivity index (χ0n) is 31.0. The van der Waals surface area contributed by atoms with Crippen molar-refractivity contribution in [2.75, 3.05) is 33.5 Å². The number of alkyl carbamates (subject to hydrolysis) is 1. The number of hydrogen-bond acceptors (Lipinski definition) is 11. The van der Waals surface area contributed by atoms with Crippen molar-refractivity contribution in [1.82, 2.24) is 30.3 Å². The molecule has 2 saturated heterocycles. The lowest BCUT2D eigenvalue weighted by Crippen LogP contribution is -2.60. The second-order valence-electron chi connectivity index (χ2n) is 14.8. The van der Waals surface area contributed by atoms with E-state index in [9.17, 15) is 14.4 Å². The molecule has 4 atom stereocenters. The molecule has 3 aromatic heterocycles. The number of esters is 1. The van der Waals surface area contributed by atoms with Gasteiger partial charge in [-0.1, -0.05) is 19.9 Å². The van der Waals surface area contributed by atoms with Crippen molar-refractivity contribution in [1.29, 1.82) is 0 Å². The number of aryl methyl sites for hydroxylation is 1. The maximum atomic E-state index is 14.0. The first kappa shape index (κ1) is 37.0. The van der Waals surface area contributed by atoms with E-state index in [2.05, 4.69) is 60.3 Å². The molecule has 53 heavy (non-hydrogen) atoms. The molecule has 0 unspecified atom stereocenters. The predicted molar refractivity (Wildman–Crippen MR) is 200 cm³/mol. The Bertz CT molecular complexity index is 1990. The van der Waals surface area contributed by atoms with Crippen LogP contribution in [0.25, 0.3) is 33.4 Å². The van der Waals surface area contributed by atoms with Crippen LogP contribution in [-0.2, 0) is 47.9 Å². The third-order valence-electron chi connectivity index (χ3n) is 10.3. The van der Waals surface area contributed by atoms with Crippen LogP contribution < -0.4 is 10.7 Å². The fourth-order valence-corrected chi connectivity index (χ4v) is 8.35. The number of cyclic esters (lactones) is 1. The van der Waals surface area contributed by atoms with Gasteiger partial charge in [-0.2, -0.15) is 0 Å². The number of pyridine rings is 1. The van der Waals surface area contributed by atoms with Gasteiger partial charge in [0, 0.05) is 72.1 Å². The average molecular weight is 745 g/mol. The van der Waals surface area contributed by atoms with Crippen LogP contribution in [0, 0.1) is 5.41 Å². The zero-order valence-corrected chi connectivity index (χ0v) is 31.8. The first-order valence-electron chi connectivity index (χ1n) is 18.4. The number of nitrogens with one attached hydrogen (secondary N) is 2. The van der Waals surface area contributed by atoms with E-state index in [0.29, 0.717) is 50.4 Å². The van der Waals surface area contributed by atoms with Crippen LogP contribution in [0.1, 0.15) is 69.3 Å². The van der Waals surface area contributed by atoms with Gasteiger partial charge in [0.2, 0.25) is 0 Å². The maximum absolute atomic E-state index is 14.0. The highest BCUT2D eigenvalue weighted by molar-refractivity contribution is 7.10. The highest BCUT2D eigenvalue weighted by Gasteiger charge is 2.36. The molecule has 0 saturated carbocycles. The van der Waals surface area contributed by atoms with Crippen LogP contribution in [-0.4, -0.2) is 89.2 Å². The van der Waals surface area contributed by atoms with Crippen molar-refractivity contribution in [3.8, 4) is 22.5 Å². The van der Waals surface area contributed by atoms with Crippen LogP contribution in [0.5, 0.6) is 0 Å². The average Bonchev–Trinajstić information content (AvgIpc) is 3.92. The van der Waals surface area contributed by atoms with E-state index < -0.39 is 29.6 Å². The SMILES string of the molecule is CCn1c(-c2cccnc2[C@H](C)OC)c2c3cc(ccc31)-c1csc(n1)C[C@H](NC(=O)O[C@@H]1CCOC1)C(=O)N1CCC[C@H](N1)C(=O)OCC(C)(C)C2. The Kier molecular flexibility index (Phi) is 10.8. The van der Waals surface area contributed by atoms with E-state index >= 15 is 0 Å². The van der Waals surface area contributed by atoms with E-state index in [4.69, 9.17) is 28.9 Å². The minimum Gasteiger partial charge on any atom is -0.464 e. The van der Waals surface area contributed by atoms with Gasteiger partial charge in [-0.3, -0.25) is 19.6 Å². The Morgan fingerprint density at radius 1 is 1.23 bits per heavy atom. The Morgan fingerprint density at radius 3 is 2.85 bits per heavy atom. The first-order chi connectivity index (χ1) is 25.5. The van der Waals surface area contributed by atoms with E-state index in [1.54, 1.807) is 13.3 Å². The molecule has 6 heterocycles. The van der Waals surface area contributed by atoms with E-state index in [1.807, 2.05) is 18.4 Å². The van der Waals surface area contributed by atoms with E-state index in [1.165, 1.54) is 16.3 Å². The van der Waals surface area contributed by atoms with Crippen molar-refractivity contribution in [3.63, 3.8) is 0 Å². The lowest BCUT2D eigenvalue weighted by atomic mass is 9.84. The number of hydrazine groups is 1. The quantitative estimate of drug-likeness (QED) is 0.239. The molecule has 2 amide bonds. The predicted octanol–water partition coefficient (Wildman–Crippen LogP) is 5.60. The van der Waals surface area contributed by atoms with Crippen LogP contribution in [0.3, 0.4) is 0 Å². The number of rotatable bonds is 6. The van der Waals surface area contributed by atoms with Gasteiger partial charge in [-0.25, -0.2) is 15.2 Å². The molecule has 0 radical (unpaired) electrons. The minimum absolute atomic E-state index is 0.145. The number of carbonyl (C=O) groups is 3. The van der Waals surface area contributed by atoms with E-state index in [-0.39, 0.29) is 31.1 Å². The molecular weight excluding hydrogens is 697 g/mol. The van der Waals surface area contributed by atoms with Crippen LogP contribution in [0.15, 0.2) is 41.9 Å². The summed E-state index contributed by atoms with van der Waals surface area (Å²) in [7, 11) is 1.69. The number of ether oxygens (including phenoxy) is 4. The largest absolute Gasteiger partial charge is 0.464 e. The summed E-state index contributed by atoms with van der Waals surface area (Å²) in [6.45, 7) is 10.5. The molecule has 0 spiro atoms. The lowest BCUT2D eigenvalue weighted by Gasteiger charge is -2.35. The number of thiazole rings is 1. The molecule has 14 heteroatoms. The second kappa shape index (κ2) is 15.5. The van der Waals surface area contributed by atoms with Crippen molar-refractivity contribution in [3.05, 3.63) is 58.2 Å². The summed E-state index contributed by atoms with van der Waals surface area (Å²) in [5.74, 6) is -0.800. The van der Waals surface area contributed by atoms with Crippen molar-refractivity contribution >= 4 is 40.2 Å². The number of fused-ring (bicyclic) bond motifs is 6.